The molecular weight excluding hydrogens is 276 g/mol. The molecule has 1 amide bonds. The van der Waals surface area contributed by atoms with E-state index in [1.54, 1.807) is 0 Å². The van der Waals surface area contributed by atoms with Crippen molar-refractivity contribution in [3.8, 4) is 0 Å². The summed E-state index contributed by atoms with van der Waals surface area (Å²) >= 11 is 0. The molecule has 0 spiro atoms. The topological polar surface area (TPSA) is 66.5 Å². The fourth-order valence-corrected chi connectivity index (χ4v) is 2.89. The van der Waals surface area contributed by atoms with E-state index in [9.17, 15) is 13.2 Å². The predicted molar refractivity (Wildman–Crippen MR) is 79.7 cm³/mol. The van der Waals surface area contributed by atoms with E-state index in [2.05, 4.69) is 22.3 Å². The molecule has 0 unspecified atom stereocenters. The molecule has 110 valence electrons. The Kier molecular flexibility index (Phi) is 4.65. The number of sulfone groups is 1. The Balaban J connectivity index is 1.73. The number of nitrogens with zero attached hydrogens (tertiary/aromatic N) is 1. The van der Waals surface area contributed by atoms with E-state index < -0.39 is 9.84 Å². The molecule has 1 aliphatic rings. The van der Waals surface area contributed by atoms with Gasteiger partial charge >= 0.3 is 0 Å². The summed E-state index contributed by atoms with van der Waals surface area (Å²) in [7, 11) is -3.07. The number of hydrogen-bond donors (Lipinski definition) is 1. The molecule has 1 heterocycles. The van der Waals surface area contributed by atoms with E-state index >= 15 is 0 Å². The lowest BCUT2D eigenvalue weighted by atomic mass is 10.2. The summed E-state index contributed by atoms with van der Waals surface area (Å²) in [6.07, 6.45) is 2.22. The molecule has 0 atom stereocenters. The van der Waals surface area contributed by atoms with Gasteiger partial charge in [0.15, 0.2) is 0 Å². The quantitative estimate of drug-likeness (QED) is 0.835. The first-order valence-corrected chi connectivity index (χ1v) is 8.79. The van der Waals surface area contributed by atoms with Gasteiger partial charge in [0.25, 0.3) is 0 Å². The maximum absolute atomic E-state index is 11.5. The number of benzene rings is 1. The number of anilines is 1. The minimum atomic E-state index is -3.07. The van der Waals surface area contributed by atoms with Gasteiger partial charge in [0.2, 0.25) is 5.91 Å². The molecule has 5 nitrogen and oxygen atoms in total. The molecule has 0 bridgehead atoms. The van der Waals surface area contributed by atoms with Gasteiger partial charge in [-0.05, 0) is 18.1 Å². The van der Waals surface area contributed by atoms with Crippen LogP contribution in [0.5, 0.6) is 0 Å². The molecular formula is C14H20N2O3S. The first kappa shape index (κ1) is 14.8. The van der Waals surface area contributed by atoms with Crippen molar-refractivity contribution in [1.29, 1.82) is 0 Å². The zero-order valence-electron chi connectivity index (χ0n) is 11.6. The van der Waals surface area contributed by atoms with Crippen LogP contribution in [-0.4, -0.2) is 46.0 Å². The molecule has 0 radical (unpaired) electrons. The van der Waals surface area contributed by atoms with Gasteiger partial charge in [-0.25, -0.2) is 8.42 Å². The molecule has 2 rings (SSSR count). The van der Waals surface area contributed by atoms with Crippen LogP contribution in [0.25, 0.3) is 0 Å². The molecule has 1 aromatic carbocycles. The number of carbonyl (C=O) groups excluding carboxylic acids is 1. The summed E-state index contributed by atoms with van der Waals surface area (Å²) in [5, 5.41) is 2.77. The third-order valence-electron chi connectivity index (χ3n) is 3.39. The lowest BCUT2D eigenvalue weighted by Crippen LogP contribution is -2.34. The molecule has 1 aromatic rings. The van der Waals surface area contributed by atoms with Crippen LogP contribution in [0.1, 0.15) is 12.0 Å². The summed E-state index contributed by atoms with van der Waals surface area (Å²) in [5.41, 5.74) is 2.58. The van der Waals surface area contributed by atoms with E-state index in [0.29, 0.717) is 6.54 Å². The van der Waals surface area contributed by atoms with E-state index in [1.165, 1.54) is 11.3 Å². The van der Waals surface area contributed by atoms with Crippen molar-refractivity contribution >= 4 is 21.4 Å². The highest BCUT2D eigenvalue weighted by Gasteiger charge is 2.17. The summed E-state index contributed by atoms with van der Waals surface area (Å²) in [4.78, 5) is 13.8. The smallest absolute Gasteiger partial charge is 0.221 e. The highest BCUT2D eigenvalue weighted by Crippen LogP contribution is 2.26. The highest BCUT2D eigenvalue weighted by atomic mass is 32.2. The van der Waals surface area contributed by atoms with Gasteiger partial charge in [0.05, 0.1) is 5.75 Å². The molecule has 6 heteroatoms. The van der Waals surface area contributed by atoms with Gasteiger partial charge in [-0.15, -0.1) is 0 Å². The van der Waals surface area contributed by atoms with Gasteiger partial charge in [0.1, 0.15) is 9.84 Å². The van der Waals surface area contributed by atoms with Gasteiger partial charge in [-0.3, -0.25) is 4.79 Å². The van der Waals surface area contributed by atoms with Gasteiger partial charge in [-0.2, -0.15) is 0 Å². The van der Waals surface area contributed by atoms with E-state index in [-0.39, 0.29) is 18.1 Å². The second kappa shape index (κ2) is 6.26. The van der Waals surface area contributed by atoms with Crippen molar-refractivity contribution in [2.24, 2.45) is 0 Å². The third-order valence-corrected chi connectivity index (χ3v) is 4.33. The van der Waals surface area contributed by atoms with Crippen molar-refractivity contribution in [1.82, 2.24) is 5.32 Å². The van der Waals surface area contributed by atoms with E-state index in [4.69, 9.17) is 0 Å². The molecule has 0 aliphatic carbocycles. The Morgan fingerprint density at radius 3 is 2.85 bits per heavy atom. The third kappa shape index (κ3) is 4.23. The maximum atomic E-state index is 11.5. The van der Waals surface area contributed by atoms with Crippen LogP contribution >= 0.6 is 0 Å². The Labute approximate surface area is 119 Å². The molecule has 1 aliphatic heterocycles. The van der Waals surface area contributed by atoms with Crippen molar-refractivity contribution < 1.29 is 13.2 Å². The maximum Gasteiger partial charge on any atom is 0.221 e. The average molecular weight is 296 g/mol. The Hall–Kier alpha value is -1.56. The zero-order chi connectivity index (χ0) is 14.6. The number of carbonyl (C=O) groups is 1. The minimum absolute atomic E-state index is 0.0371. The van der Waals surface area contributed by atoms with Gasteiger partial charge in [0, 0.05) is 38.0 Å². The van der Waals surface area contributed by atoms with Crippen LogP contribution in [-0.2, 0) is 21.1 Å². The van der Waals surface area contributed by atoms with Crippen LogP contribution < -0.4 is 10.2 Å². The first-order valence-electron chi connectivity index (χ1n) is 6.73. The highest BCUT2D eigenvalue weighted by molar-refractivity contribution is 7.90. The lowest BCUT2D eigenvalue weighted by Gasteiger charge is -2.19. The standard InChI is InChI=1S/C14H20N2O3S/c1-20(18,19)11-7-14(17)15-8-10-16-9-6-12-4-2-3-5-13(12)16/h2-5H,6-11H2,1H3,(H,15,17). The Morgan fingerprint density at radius 2 is 2.10 bits per heavy atom. The molecule has 1 N–H and O–H groups in total. The summed E-state index contributed by atoms with van der Waals surface area (Å²) in [5.74, 6) is -0.298. The second-order valence-corrected chi connectivity index (χ2v) is 7.36. The first-order chi connectivity index (χ1) is 9.46. The number of hydrogen-bond acceptors (Lipinski definition) is 4. The molecule has 0 saturated carbocycles. The average Bonchev–Trinajstić information content (AvgIpc) is 2.79. The van der Waals surface area contributed by atoms with Crippen molar-refractivity contribution in [3.05, 3.63) is 29.8 Å². The molecule has 0 saturated heterocycles. The van der Waals surface area contributed by atoms with E-state index in [0.717, 1.165) is 25.8 Å². The van der Waals surface area contributed by atoms with Crippen LogP contribution in [0.2, 0.25) is 0 Å². The summed E-state index contributed by atoms with van der Waals surface area (Å²) < 4.78 is 21.9. The largest absolute Gasteiger partial charge is 0.369 e. The number of rotatable bonds is 6. The fourth-order valence-electron chi connectivity index (χ4n) is 2.34. The monoisotopic (exact) mass is 296 g/mol. The normalized spacial score (nSPS) is 14.2. The minimum Gasteiger partial charge on any atom is -0.369 e. The SMILES string of the molecule is CS(=O)(=O)CCC(=O)NCCN1CCc2ccccc21. The molecule has 0 aromatic heterocycles. The van der Waals surface area contributed by atoms with E-state index in [1.807, 2.05) is 12.1 Å². The summed E-state index contributed by atoms with van der Waals surface area (Å²) in [6, 6.07) is 8.27. The lowest BCUT2D eigenvalue weighted by molar-refractivity contribution is -0.120. The van der Waals surface area contributed by atoms with Crippen molar-refractivity contribution in [2.45, 2.75) is 12.8 Å². The van der Waals surface area contributed by atoms with Gasteiger partial charge < -0.3 is 10.2 Å². The van der Waals surface area contributed by atoms with Crippen LogP contribution in [0.15, 0.2) is 24.3 Å². The van der Waals surface area contributed by atoms with Crippen LogP contribution in [0.3, 0.4) is 0 Å². The fraction of sp³-hybridized carbons (Fsp3) is 0.500. The Morgan fingerprint density at radius 1 is 1.35 bits per heavy atom. The predicted octanol–water partition coefficient (Wildman–Crippen LogP) is 0.600. The Bertz CT molecular complexity index is 584. The number of para-hydroxylation sites is 1. The zero-order valence-corrected chi connectivity index (χ0v) is 12.4. The molecule has 0 fully saturated rings. The van der Waals surface area contributed by atoms with Crippen LogP contribution in [0.4, 0.5) is 5.69 Å². The summed E-state index contributed by atoms with van der Waals surface area (Å²) in [6.45, 7) is 2.26. The van der Waals surface area contributed by atoms with Gasteiger partial charge in [-0.1, -0.05) is 18.2 Å². The number of amides is 1. The van der Waals surface area contributed by atoms with Crippen molar-refractivity contribution in [3.63, 3.8) is 0 Å². The molecule has 20 heavy (non-hydrogen) atoms. The number of fused-ring (bicyclic) bond motifs is 1. The second-order valence-electron chi connectivity index (χ2n) is 5.10. The van der Waals surface area contributed by atoms with Crippen molar-refractivity contribution in [2.75, 3.05) is 36.5 Å². The van der Waals surface area contributed by atoms with Crippen LogP contribution in [0, 0.1) is 0 Å². The number of nitrogens with one attached hydrogen (secondary N) is 1.